The number of carbonyl (C=O) groups excluding carboxylic acids is 2. The van der Waals surface area contributed by atoms with Crippen LogP contribution < -0.4 is 24.3 Å². The zero-order valence-corrected chi connectivity index (χ0v) is 17.0. The van der Waals surface area contributed by atoms with Crippen molar-refractivity contribution < 1.29 is 33.3 Å². The van der Waals surface area contributed by atoms with E-state index in [1.165, 1.54) is 13.0 Å². The fraction of sp³-hybridized carbons (Fsp3) is 0.273. The lowest BCUT2D eigenvalue weighted by Gasteiger charge is -2.12. The van der Waals surface area contributed by atoms with Gasteiger partial charge in [-0.15, -0.1) is 0 Å². The number of fused-ring (bicyclic) bond motifs is 1. The standard InChI is InChI=1S/C22H23NO7/c1-14(22(25)23-12-16-4-6-19-20(10-16)29-13-28-19)30-21(24)7-5-15-8-17(26-2)11-18(9-15)27-3/h4-11,14H,12-13H2,1-3H3,(H,23,25)/b7-5+/t14-/m0/s1. The minimum atomic E-state index is -0.948. The van der Waals surface area contributed by atoms with Gasteiger partial charge < -0.3 is 29.0 Å². The number of methoxy groups -OCH3 is 2. The van der Waals surface area contributed by atoms with Crippen molar-refractivity contribution in [2.24, 2.45) is 0 Å². The highest BCUT2D eigenvalue weighted by Crippen LogP contribution is 2.32. The average Bonchev–Trinajstić information content (AvgIpc) is 3.23. The van der Waals surface area contributed by atoms with Gasteiger partial charge >= 0.3 is 5.97 Å². The molecule has 0 radical (unpaired) electrons. The molecule has 8 nitrogen and oxygen atoms in total. The third-order valence-electron chi connectivity index (χ3n) is 4.35. The van der Waals surface area contributed by atoms with E-state index in [2.05, 4.69) is 5.32 Å². The fourth-order valence-corrected chi connectivity index (χ4v) is 2.74. The minimum absolute atomic E-state index is 0.189. The number of ether oxygens (including phenoxy) is 5. The van der Waals surface area contributed by atoms with E-state index in [0.29, 0.717) is 28.6 Å². The van der Waals surface area contributed by atoms with Gasteiger partial charge in [-0.3, -0.25) is 4.79 Å². The third kappa shape index (κ3) is 5.44. The van der Waals surface area contributed by atoms with E-state index in [1.807, 2.05) is 6.07 Å². The Bertz CT molecular complexity index is 932. The molecule has 0 unspecified atom stereocenters. The van der Waals surface area contributed by atoms with Crippen LogP contribution in [0.2, 0.25) is 0 Å². The van der Waals surface area contributed by atoms with Crippen LogP contribution in [0.3, 0.4) is 0 Å². The lowest BCUT2D eigenvalue weighted by Crippen LogP contribution is -2.35. The van der Waals surface area contributed by atoms with Crippen LogP contribution in [-0.4, -0.2) is 39.0 Å². The summed E-state index contributed by atoms with van der Waals surface area (Å²) >= 11 is 0. The van der Waals surface area contributed by atoms with Crippen LogP contribution in [-0.2, 0) is 20.9 Å². The molecule has 1 aliphatic heterocycles. The molecule has 1 heterocycles. The molecule has 2 aromatic carbocycles. The normalized spacial score (nSPS) is 13.0. The maximum absolute atomic E-state index is 12.2. The monoisotopic (exact) mass is 413 g/mol. The fourth-order valence-electron chi connectivity index (χ4n) is 2.74. The molecule has 0 fully saturated rings. The summed E-state index contributed by atoms with van der Waals surface area (Å²) in [6.45, 7) is 1.97. The number of carbonyl (C=O) groups is 2. The Morgan fingerprint density at radius 2 is 1.77 bits per heavy atom. The summed E-state index contributed by atoms with van der Waals surface area (Å²) in [7, 11) is 3.08. The molecule has 1 atom stereocenters. The zero-order valence-electron chi connectivity index (χ0n) is 17.0. The number of rotatable bonds is 8. The van der Waals surface area contributed by atoms with Gasteiger partial charge in [-0.05, 0) is 48.4 Å². The van der Waals surface area contributed by atoms with E-state index < -0.39 is 18.0 Å². The van der Waals surface area contributed by atoms with Crippen molar-refractivity contribution in [1.29, 1.82) is 0 Å². The first kappa shape index (κ1) is 21.0. The molecule has 8 heteroatoms. The summed E-state index contributed by atoms with van der Waals surface area (Å²) in [5, 5.41) is 2.73. The predicted molar refractivity (Wildman–Crippen MR) is 109 cm³/mol. The molecule has 0 bridgehead atoms. The highest BCUT2D eigenvalue weighted by Gasteiger charge is 2.17. The highest BCUT2D eigenvalue weighted by atomic mass is 16.7. The van der Waals surface area contributed by atoms with Crippen molar-refractivity contribution in [1.82, 2.24) is 5.32 Å². The Labute approximate surface area is 174 Å². The first-order chi connectivity index (χ1) is 14.5. The molecular weight excluding hydrogens is 390 g/mol. The molecule has 2 aromatic rings. The summed E-state index contributed by atoms with van der Waals surface area (Å²) in [4.78, 5) is 24.3. The number of nitrogens with one attached hydrogen (secondary N) is 1. The molecule has 1 aliphatic rings. The number of amides is 1. The quantitative estimate of drug-likeness (QED) is 0.525. The van der Waals surface area contributed by atoms with Crippen LogP contribution >= 0.6 is 0 Å². The van der Waals surface area contributed by atoms with Gasteiger partial charge in [-0.25, -0.2) is 4.79 Å². The highest BCUT2D eigenvalue weighted by molar-refractivity contribution is 5.90. The summed E-state index contributed by atoms with van der Waals surface area (Å²) in [6, 6.07) is 10.6. The molecular formula is C22H23NO7. The molecule has 0 aliphatic carbocycles. The van der Waals surface area contributed by atoms with E-state index in [-0.39, 0.29) is 13.3 Å². The van der Waals surface area contributed by atoms with Gasteiger partial charge in [0.05, 0.1) is 14.2 Å². The van der Waals surface area contributed by atoms with Crippen LogP contribution in [0.4, 0.5) is 0 Å². The molecule has 0 spiro atoms. The second kappa shape index (κ2) is 9.69. The van der Waals surface area contributed by atoms with Gasteiger partial charge in [-0.1, -0.05) is 6.07 Å². The Morgan fingerprint density at radius 1 is 1.07 bits per heavy atom. The lowest BCUT2D eigenvalue weighted by atomic mass is 10.2. The van der Waals surface area contributed by atoms with Crippen LogP contribution in [0.25, 0.3) is 6.08 Å². The number of hydrogen-bond donors (Lipinski definition) is 1. The van der Waals surface area contributed by atoms with Crippen molar-refractivity contribution >= 4 is 18.0 Å². The van der Waals surface area contributed by atoms with Crippen molar-refractivity contribution in [2.75, 3.05) is 21.0 Å². The second-order valence-electron chi connectivity index (χ2n) is 6.46. The van der Waals surface area contributed by atoms with Crippen molar-refractivity contribution in [3.05, 3.63) is 53.6 Å². The molecule has 0 aromatic heterocycles. The van der Waals surface area contributed by atoms with E-state index in [9.17, 15) is 9.59 Å². The van der Waals surface area contributed by atoms with E-state index in [4.69, 9.17) is 23.7 Å². The Hall–Kier alpha value is -3.68. The van der Waals surface area contributed by atoms with Gasteiger partial charge in [0.2, 0.25) is 6.79 Å². The van der Waals surface area contributed by atoms with Gasteiger partial charge in [0.1, 0.15) is 11.5 Å². The molecule has 0 saturated heterocycles. The summed E-state index contributed by atoms with van der Waals surface area (Å²) in [5.41, 5.74) is 1.54. The van der Waals surface area contributed by atoms with Crippen LogP contribution in [0.1, 0.15) is 18.1 Å². The molecule has 158 valence electrons. The third-order valence-corrected chi connectivity index (χ3v) is 4.35. The summed E-state index contributed by atoms with van der Waals surface area (Å²) < 4.78 is 26.1. The van der Waals surface area contributed by atoms with E-state index in [0.717, 1.165) is 5.56 Å². The molecule has 0 saturated carbocycles. The van der Waals surface area contributed by atoms with Crippen molar-refractivity contribution in [3.8, 4) is 23.0 Å². The zero-order chi connectivity index (χ0) is 21.5. The van der Waals surface area contributed by atoms with Crippen molar-refractivity contribution in [3.63, 3.8) is 0 Å². The molecule has 1 N–H and O–H groups in total. The summed E-state index contributed by atoms with van der Waals surface area (Å²) in [6.07, 6.45) is 1.86. The smallest absolute Gasteiger partial charge is 0.331 e. The minimum Gasteiger partial charge on any atom is -0.497 e. The van der Waals surface area contributed by atoms with Gasteiger partial charge in [0.15, 0.2) is 17.6 Å². The number of benzene rings is 2. The van der Waals surface area contributed by atoms with E-state index in [1.54, 1.807) is 50.6 Å². The first-order valence-corrected chi connectivity index (χ1v) is 9.26. The van der Waals surface area contributed by atoms with Crippen LogP contribution in [0.5, 0.6) is 23.0 Å². The van der Waals surface area contributed by atoms with E-state index >= 15 is 0 Å². The maximum Gasteiger partial charge on any atom is 0.331 e. The van der Waals surface area contributed by atoms with Crippen molar-refractivity contribution in [2.45, 2.75) is 19.6 Å². The Morgan fingerprint density at radius 3 is 2.47 bits per heavy atom. The van der Waals surface area contributed by atoms with Crippen LogP contribution in [0, 0.1) is 0 Å². The molecule has 1 amide bonds. The van der Waals surface area contributed by atoms with Gasteiger partial charge in [-0.2, -0.15) is 0 Å². The number of hydrogen-bond acceptors (Lipinski definition) is 7. The molecule has 3 rings (SSSR count). The second-order valence-corrected chi connectivity index (χ2v) is 6.46. The summed E-state index contributed by atoms with van der Waals surface area (Å²) in [5.74, 6) is 1.46. The topological polar surface area (TPSA) is 92.3 Å². The Kier molecular flexibility index (Phi) is 6.79. The van der Waals surface area contributed by atoms with Gasteiger partial charge in [0.25, 0.3) is 5.91 Å². The largest absolute Gasteiger partial charge is 0.497 e. The lowest BCUT2D eigenvalue weighted by molar-refractivity contribution is -0.150. The average molecular weight is 413 g/mol. The first-order valence-electron chi connectivity index (χ1n) is 9.26. The maximum atomic E-state index is 12.2. The Balaban J connectivity index is 1.51. The SMILES string of the molecule is COc1cc(/C=C/C(=O)O[C@@H](C)C(=O)NCc2ccc3c(c2)OCO3)cc(OC)c1. The predicted octanol–water partition coefficient (Wildman–Crippen LogP) is 2.69. The number of esters is 1. The van der Waals surface area contributed by atoms with Crippen LogP contribution in [0.15, 0.2) is 42.5 Å². The molecule has 30 heavy (non-hydrogen) atoms. The van der Waals surface area contributed by atoms with Gasteiger partial charge in [0, 0.05) is 18.7 Å².